The van der Waals surface area contributed by atoms with E-state index in [1.54, 1.807) is 32.4 Å². The Bertz CT molecular complexity index is 1150. The maximum atomic E-state index is 12.2. The zero-order valence-corrected chi connectivity index (χ0v) is 15.7. The fourth-order valence-electron chi connectivity index (χ4n) is 2.85. The first-order chi connectivity index (χ1) is 12.9. The van der Waals surface area contributed by atoms with Gasteiger partial charge in [0.25, 0.3) is 5.56 Å². The summed E-state index contributed by atoms with van der Waals surface area (Å²) in [5.41, 5.74) is 0.429. The molecule has 0 saturated carbocycles. The first-order valence-electron chi connectivity index (χ1n) is 8.05. The number of aromatic nitrogens is 4. The molecule has 2 aromatic heterocycles. The van der Waals surface area contributed by atoms with Crippen LogP contribution in [0.5, 0.6) is 17.2 Å². The molecule has 0 bridgehead atoms. The van der Waals surface area contributed by atoms with E-state index in [1.165, 1.54) is 25.8 Å². The van der Waals surface area contributed by atoms with Crippen LogP contribution in [0, 0.1) is 0 Å². The molecule has 0 radical (unpaired) electrons. The highest BCUT2D eigenvalue weighted by Crippen LogP contribution is 2.40. The van der Waals surface area contributed by atoms with Gasteiger partial charge in [0.2, 0.25) is 5.75 Å². The normalized spacial score (nSPS) is 11.3. The van der Waals surface area contributed by atoms with Crippen molar-refractivity contribution in [2.75, 3.05) is 21.3 Å². The third kappa shape index (κ3) is 2.97. The Morgan fingerprint density at radius 2 is 1.67 bits per heavy atom. The molecular formula is C18H20N4O5. The average Bonchev–Trinajstić information content (AvgIpc) is 3.12. The number of hydrogen-bond donors (Lipinski definition) is 1. The molecule has 0 fully saturated rings. The minimum atomic E-state index is -0.434. The van der Waals surface area contributed by atoms with Crippen LogP contribution in [0.2, 0.25) is 0 Å². The van der Waals surface area contributed by atoms with Gasteiger partial charge in [0.05, 0.1) is 21.3 Å². The Balaban J connectivity index is 2.10. The van der Waals surface area contributed by atoms with Crippen molar-refractivity contribution in [3.63, 3.8) is 0 Å². The first kappa shape index (κ1) is 18.3. The standard InChI is InChI=1S/C18H20N4O5/c1-21-16-13(17(23)22(2)18(21)24)19-12(20-16)9-7-10-6-8-11(25-3)15(27-5)14(10)26-4/h6-9H,1-5H3,(H,19,20)/b9-7+. The number of nitrogens with one attached hydrogen (secondary N) is 1. The van der Waals surface area contributed by atoms with E-state index in [1.807, 2.05) is 6.07 Å². The number of ether oxygens (including phenoxy) is 3. The van der Waals surface area contributed by atoms with Gasteiger partial charge in [-0.3, -0.25) is 13.9 Å². The Hall–Kier alpha value is -3.49. The maximum absolute atomic E-state index is 12.2. The van der Waals surface area contributed by atoms with E-state index in [2.05, 4.69) is 9.97 Å². The molecule has 142 valence electrons. The van der Waals surface area contributed by atoms with Crippen LogP contribution in [0.1, 0.15) is 11.4 Å². The van der Waals surface area contributed by atoms with Gasteiger partial charge >= 0.3 is 5.69 Å². The Labute approximate surface area is 154 Å². The third-order valence-corrected chi connectivity index (χ3v) is 4.27. The van der Waals surface area contributed by atoms with Crippen LogP contribution in [-0.2, 0) is 14.1 Å². The molecule has 0 unspecified atom stereocenters. The van der Waals surface area contributed by atoms with Crippen molar-refractivity contribution >= 4 is 23.3 Å². The number of fused-ring (bicyclic) bond motifs is 1. The second kappa shape index (κ2) is 7.02. The summed E-state index contributed by atoms with van der Waals surface area (Å²) in [7, 11) is 7.61. The van der Waals surface area contributed by atoms with Crippen molar-refractivity contribution in [1.29, 1.82) is 0 Å². The number of H-pyrrole nitrogens is 1. The summed E-state index contributed by atoms with van der Waals surface area (Å²) in [6.07, 6.45) is 3.45. The Morgan fingerprint density at radius 1 is 0.963 bits per heavy atom. The molecule has 2 heterocycles. The lowest BCUT2D eigenvalue weighted by Gasteiger charge is -2.13. The van der Waals surface area contributed by atoms with Gasteiger partial charge in [0, 0.05) is 19.7 Å². The van der Waals surface area contributed by atoms with Gasteiger partial charge < -0.3 is 19.2 Å². The lowest BCUT2D eigenvalue weighted by Crippen LogP contribution is -2.36. The number of aromatic amines is 1. The zero-order valence-electron chi connectivity index (χ0n) is 15.7. The number of methoxy groups -OCH3 is 3. The predicted molar refractivity (Wildman–Crippen MR) is 102 cm³/mol. The Kier molecular flexibility index (Phi) is 4.76. The number of rotatable bonds is 5. The van der Waals surface area contributed by atoms with Crippen LogP contribution >= 0.6 is 0 Å². The van der Waals surface area contributed by atoms with Gasteiger partial charge in [-0.2, -0.15) is 0 Å². The van der Waals surface area contributed by atoms with Gasteiger partial charge in [-0.25, -0.2) is 9.78 Å². The summed E-state index contributed by atoms with van der Waals surface area (Å²) >= 11 is 0. The highest BCUT2D eigenvalue weighted by Gasteiger charge is 2.15. The second-order valence-corrected chi connectivity index (χ2v) is 5.78. The van der Waals surface area contributed by atoms with E-state index in [4.69, 9.17) is 14.2 Å². The summed E-state index contributed by atoms with van der Waals surface area (Å²) in [6, 6.07) is 3.58. The van der Waals surface area contributed by atoms with Crippen molar-refractivity contribution in [2.45, 2.75) is 0 Å². The summed E-state index contributed by atoms with van der Waals surface area (Å²) in [5.74, 6) is 1.96. The van der Waals surface area contributed by atoms with Gasteiger partial charge in [0.15, 0.2) is 17.1 Å². The molecule has 0 aliphatic carbocycles. The van der Waals surface area contributed by atoms with Crippen LogP contribution in [0.3, 0.4) is 0 Å². The molecule has 0 saturated heterocycles. The maximum Gasteiger partial charge on any atom is 0.332 e. The van der Waals surface area contributed by atoms with Gasteiger partial charge in [-0.05, 0) is 24.3 Å². The topological polar surface area (TPSA) is 100 Å². The largest absolute Gasteiger partial charge is 0.493 e. The summed E-state index contributed by atoms with van der Waals surface area (Å²) in [6.45, 7) is 0. The molecule has 0 spiro atoms. The van der Waals surface area contributed by atoms with E-state index in [0.29, 0.717) is 28.7 Å². The number of aryl methyl sites for hydroxylation is 1. The quantitative estimate of drug-likeness (QED) is 0.721. The van der Waals surface area contributed by atoms with Gasteiger partial charge in [-0.15, -0.1) is 0 Å². The SMILES string of the molecule is COc1ccc(/C=C/c2nc3c([nH]2)c(=O)n(C)c(=O)n3C)c(OC)c1OC. The Morgan fingerprint density at radius 3 is 2.30 bits per heavy atom. The van der Waals surface area contributed by atoms with Crippen molar-refractivity contribution in [3.05, 3.63) is 44.4 Å². The molecule has 1 aromatic carbocycles. The van der Waals surface area contributed by atoms with Crippen LogP contribution in [-0.4, -0.2) is 40.4 Å². The zero-order chi connectivity index (χ0) is 19.7. The molecule has 27 heavy (non-hydrogen) atoms. The van der Waals surface area contributed by atoms with Crippen molar-refractivity contribution in [3.8, 4) is 17.2 Å². The molecule has 3 rings (SSSR count). The number of nitrogens with zero attached hydrogens (tertiary/aromatic N) is 3. The molecular weight excluding hydrogens is 352 g/mol. The highest BCUT2D eigenvalue weighted by molar-refractivity contribution is 5.78. The molecule has 1 N–H and O–H groups in total. The monoisotopic (exact) mass is 372 g/mol. The average molecular weight is 372 g/mol. The van der Waals surface area contributed by atoms with Gasteiger partial charge in [0.1, 0.15) is 11.3 Å². The fourth-order valence-corrected chi connectivity index (χ4v) is 2.85. The summed E-state index contributed by atoms with van der Waals surface area (Å²) in [5, 5.41) is 0. The van der Waals surface area contributed by atoms with E-state index in [0.717, 1.165) is 10.1 Å². The van der Waals surface area contributed by atoms with E-state index in [-0.39, 0.29) is 5.52 Å². The van der Waals surface area contributed by atoms with Crippen molar-refractivity contribution in [1.82, 2.24) is 19.1 Å². The van der Waals surface area contributed by atoms with Crippen LogP contribution in [0.15, 0.2) is 21.7 Å². The molecule has 0 aliphatic heterocycles. The highest BCUT2D eigenvalue weighted by atomic mass is 16.5. The van der Waals surface area contributed by atoms with Crippen LogP contribution < -0.4 is 25.5 Å². The smallest absolute Gasteiger partial charge is 0.332 e. The van der Waals surface area contributed by atoms with Crippen LogP contribution in [0.25, 0.3) is 23.3 Å². The predicted octanol–water partition coefficient (Wildman–Crippen LogP) is 1.16. The number of benzene rings is 1. The van der Waals surface area contributed by atoms with E-state index >= 15 is 0 Å². The first-order valence-corrected chi connectivity index (χ1v) is 8.05. The second-order valence-electron chi connectivity index (χ2n) is 5.78. The molecule has 0 atom stereocenters. The number of imidazole rings is 1. The molecule has 0 amide bonds. The molecule has 0 aliphatic rings. The third-order valence-electron chi connectivity index (χ3n) is 4.27. The van der Waals surface area contributed by atoms with E-state index in [9.17, 15) is 9.59 Å². The number of hydrogen-bond acceptors (Lipinski definition) is 6. The van der Waals surface area contributed by atoms with Crippen molar-refractivity contribution < 1.29 is 14.2 Å². The lowest BCUT2D eigenvalue weighted by atomic mass is 10.1. The molecule has 9 nitrogen and oxygen atoms in total. The lowest BCUT2D eigenvalue weighted by molar-refractivity contribution is 0.324. The van der Waals surface area contributed by atoms with E-state index < -0.39 is 11.2 Å². The summed E-state index contributed by atoms with van der Waals surface area (Å²) < 4.78 is 18.4. The minimum absolute atomic E-state index is 0.263. The minimum Gasteiger partial charge on any atom is -0.493 e. The summed E-state index contributed by atoms with van der Waals surface area (Å²) in [4.78, 5) is 31.5. The van der Waals surface area contributed by atoms with Gasteiger partial charge in [-0.1, -0.05) is 0 Å². The van der Waals surface area contributed by atoms with Crippen LogP contribution in [0.4, 0.5) is 0 Å². The molecule has 9 heteroatoms. The fraction of sp³-hybridized carbons (Fsp3) is 0.278. The van der Waals surface area contributed by atoms with Crippen molar-refractivity contribution in [2.24, 2.45) is 14.1 Å². The molecule has 3 aromatic rings.